The molecule has 1 N–H and O–H groups in total. The van der Waals surface area contributed by atoms with Crippen LogP contribution in [0.15, 0.2) is 18.2 Å². The van der Waals surface area contributed by atoms with Crippen LogP contribution in [0.2, 0.25) is 0 Å². The van der Waals surface area contributed by atoms with Gasteiger partial charge >= 0.3 is 0 Å². The first-order valence-corrected chi connectivity index (χ1v) is 9.71. The minimum Gasteiger partial charge on any atom is -0.495 e. The van der Waals surface area contributed by atoms with Crippen molar-refractivity contribution in [2.75, 3.05) is 38.3 Å². The Bertz CT molecular complexity index is 840. The standard InChI is InChI=1S/C21H30N4O3/c1-14(12-18-15(2)23-24(4)16(18)3)22-21(26)17-6-7-20(27-5)19(13-17)25-8-10-28-11-9-25/h6-7,13-14H,8-12H2,1-5H3,(H,22,26)/t14-/m0/s1. The van der Waals surface area contributed by atoms with Crippen molar-refractivity contribution < 1.29 is 14.3 Å². The number of aryl methyl sites for hydroxylation is 2. The number of hydrogen-bond acceptors (Lipinski definition) is 5. The number of anilines is 1. The normalized spacial score (nSPS) is 15.4. The first-order chi connectivity index (χ1) is 13.4. The molecule has 1 aliphatic heterocycles. The maximum absolute atomic E-state index is 12.8. The van der Waals surface area contributed by atoms with Gasteiger partial charge in [0.2, 0.25) is 0 Å². The minimum atomic E-state index is -0.0798. The summed E-state index contributed by atoms with van der Waals surface area (Å²) >= 11 is 0. The highest BCUT2D eigenvalue weighted by atomic mass is 16.5. The van der Waals surface area contributed by atoms with Crippen molar-refractivity contribution >= 4 is 11.6 Å². The van der Waals surface area contributed by atoms with E-state index < -0.39 is 0 Å². The minimum absolute atomic E-state index is 0.00281. The van der Waals surface area contributed by atoms with Crippen LogP contribution in [0.1, 0.15) is 34.2 Å². The quantitative estimate of drug-likeness (QED) is 0.825. The third-order valence-electron chi connectivity index (χ3n) is 5.34. The molecule has 1 aliphatic rings. The molecule has 1 aromatic heterocycles. The molecule has 0 radical (unpaired) electrons. The van der Waals surface area contributed by atoms with E-state index in [0.717, 1.165) is 42.3 Å². The van der Waals surface area contributed by atoms with E-state index in [-0.39, 0.29) is 11.9 Å². The van der Waals surface area contributed by atoms with Gasteiger partial charge in [0, 0.05) is 37.4 Å². The number of benzene rings is 1. The van der Waals surface area contributed by atoms with Crippen molar-refractivity contribution in [2.45, 2.75) is 33.2 Å². The molecule has 7 heteroatoms. The molecule has 0 unspecified atom stereocenters. The van der Waals surface area contributed by atoms with Crippen molar-refractivity contribution in [2.24, 2.45) is 7.05 Å². The Kier molecular flexibility index (Phi) is 6.24. The Hall–Kier alpha value is -2.54. The van der Waals surface area contributed by atoms with Gasteiger partial charge in [-0.15, -0.1) is 0 Å². The third-order valence-corrected chi connectivity index (χ3v) is 5.34. The summed E-state index contributed by atoms with van der Waals surface area (Å²) in [5.74, 6) is 0.692. The second-order valence-electron chi connectivity index (χ2n) is 7.34. The Morgan fingerprint density at radius 3 is 2.64 bits per heavy atom. The van der Waals surface area contributed by atoms with Crippen LogP contribution in [0, 0.1) is 13.8 Å². The van der Waals surface area contributed by atoms with Gasteiger partial charge in [-0.25, -0.2) is 0 Å². The van der Waals surface area contributed by atoms with E-state index in [1.807, 2.05) is 43.8 Å². The Morgan fingerprint density at radius 1 is 1.32 bits per heavy atom. The first kappa shape index (κ1) is 20.2. The summed E-state index contributed by atoms with van der Waals surface area (Å²) in [7, 11) is 3.60. The van der Waals surface area contributed by atoms with E-state index >= 15 is 0 Å². The number of nitrogens with one attached hydrogen (secondary N) is 1. The summed E-state index contributed by atoms with van der Waals surface area (Å²) in [4.78, 5) is 15.0. The maximum atomic E-state index is 12.8. The predicted molar refractivity (Wildman–Crippen MR) is 109 cm³/mol. The summed E-state index contributed by atoms with van der Waals surface area (Å²) in [6.07, 6.45) is 0.754. The molecule has 2 aromatic rings. The number of carbonyl (C=O) groups is 1. The molecule has 3 rings (SSSR count). The molecule has 1 amide bonds. The molecule has 152 valence electrons. The summed E-state index contributed by atoms with van der Waals surface area (Å²) in [5, 5.41) is 7.57. The Labute approximate surface area is 166 Å². The molecule has 2 heterocycles. The molecular weight excluding hydrogens is 356 g/mol. The summed E-state index contributed by atoms with van der Waals surface area (Å²) in [6.45, 7) is 9.03. The van der Waals surface area contributed by atoms with Crippen LogP contribution in [-0.2, 0) is 18.2 Å². The molecule has 1 fully saturated rings. The molecule has 0 spiro atoms. The highest BCUT2D eigenvalue weighted by molar-refractivity contribution is 5.95. The highest BCUT2D eigenvalue weighted by Gasteiger charge is 2.19. The van der Waals surface area contributed by atoms with Gasteiger partial charge in [-0.1, -0.05) is 0 Å². The predicted octanol–water partition coefficient (Wildman–Crippen LogP) is 2.24. The monoisotopic (exact) mass is 386 g/mol. The molecule has 1 aromatic carbocycles. The Balaban J connectivity index is 1.72. The van der Waals surface area contributed by atoms with Gasteiger partial charge < -0.3 is 19.7 Å². The van der Waals surface area contributed by atoms with Gasteiger partial charge in [0.25, 0.3) is 5.91 Å². The number of amides is 1. The lowest BCUT2D eigenvalue weighted by molar-refractivity contribution is 0.0940. The fourth-order valence-electron chi connectivity index (χ4n) is 3.66. The second kappa shape index (κ2) is 8.65. The van der Waals surface area contributed by atoms with E-state index in [0.29, 0.717) is 18.8 Å². The molecule has 0 bridgehead atoms. The molecule has 1 saturated heterocycles. The zero-order valence-corrected chi connectivity index (χ0v) is 17.4. The molecular formula is C21H30N4O3. The van der Waals surface area contributed by atoms with Crippen molar-refractivity contribution in [1.82, 2.24) is 15.1 Å². The van der Waals surface area contributed by atoms with Crippen molar-refractivity contribution in [3.05, 3.63) is 40.7 Å². The number of aromatic nitrogens is 2. The van der Waals surface area contributed by atoms with Crippen LogP contribution < -0.4 is 15.0 Å². The van der Waals surface area contributed by atoms with Gasteiger partial charge in [0.05, 0.1) is 31.7 Å². The summed E-state index contributed by atoms with van der Waals surface area (Å²) in [5.41, 5.74) is 4.91. The smallest absolute Gasteiger partial charge is 0.251 e. The van der Waals surface area contributed by atoms with Crippen LogP contribution in [0.25, 0.3) is 0 Å². The molecule has 7 nitrogen and oxygen atoms in total. The number of hydrogen-bond donors (Lipinski definition) is 1. The van der Waals surface area contributed by atoms with Crippen LogP contribution >= 0.6 is 0 Å². The fourth-order valence-corrected chi connectivity index (χ4v) is 3.66. The summed E-state index contributed by atoms with van der Waals surface area (Å²) in [6, 6.07) is 5.58. The number of nitrogens with zero attached hydrogens (tertiary/aromatic N) is 3. The van der Waals surface area contributed by atoms with E-state index in [2.05, 4.69) is 22.2 Å². The summed E-state index contributed by atoms with van der Waals surface area (Å²) < 4.78 is 12.8. The average Bonchev–Trinajstić information content (AvgIpc) is 2.94. The van der Waals surface area contributed by atoms with E-state index in [1.165, 1.54) is 5.56 Å². The fraction of sp³-hybridized carbons (Fsp3) is 0.524. The number of methoxy groups -OCH3 is 1. The van der Waals surface area contributed by atoms with Gasteiger partial charge in [-0.2, -0.15) is 5.10 Å². The van der Waals surface area contributed by atoms with Crippen LogP contribution in [0.3, 0.4) is 0 Å². The van der Waals surface area contributed by atoms with Crippen molar-refractivity contribution in [3.8, 4) is 5.75 Å². The number of rotatable bonds is 6. The van der Waals surface area contributed by atoms with E-state index in [1.54, 1.807) is 7.11 Å². The van der Waals surface area contributed by atoms with Crippen LogP contribution in [0.5, 0.6) is 5.75 Å². The lowest BCUT2D eigenvalue weighted by Gasteiger charge is -2.30. The van der Waals surface area contributed by atoms with Gasteiger partial charge in [-0.3, -0.25) is 9.48 Å². The molecule has 28 heavy (non-hydrogen) atoms. The second-order valence-corrected chi connectivity index (χ2v) is 7.34. The van der Waals surface area contributed by atoms with Crippen molar-refractivity contribution in [1.29, 1.82) is 0 Å². The molecule has 0 saturated carbocycles. The van der Waals surface area contributed by atoms with Gasteiger partial charge in [0.15, 0.2) is 0 Å². The number of morpholine rings is 1. The zero-order valence-electron chi connectivity index (χ0n) is 17.4. The SMILES string of the molecule is COc1ccc(C(=O)N[C@@H](C)Cc2c(C)nn(C)c2C)cc1N1CCOCC1. The maximum Gasteiger partial charge on any atom is 0.251 e. The van der Waals surface area contributed by atoms with Gasteiger partial charge in [-0.05, 0) is 51.0 Å². The number of ether oxygens (including phenoxy) is 2. The lowest BCUT2D eigenvalue weighted by atomic mass is 10.0. The topological polar surface area (TPSA) is 68.6 Å². The molecule has 0 aliphatic carbocycles. The molecule has 1 atom stereocenters. The van der Waals surface area contributed by atoms with E-state index in [9.17, 15) is 4.79 Å². The first-order valence-electron chi connectivity index (χ1n) is 9.71. The number of carbonyl (C=O) groups excluding carboxylic acids is 1. The largest absolute Gasteiger partial charge is 0.495 e. The van der Waals surface area contributed by atoms with Gasteiger partial charge in [0.1, 0.15) is 5.75 Å². The highest BCUT2D eigenvalue weighted by Crippen LogP contribution is 2.30. The zero-order chi connectivity index (χ0) is 20.3. The average molecular weight is 386 g/mol. The van der Waals surface area contributed by atoms with Crippen molar-refractivity contribution in [3.63, 3.8) is 0 Å². The van der Waals surface area contributed by atoms with Crippen LogP contribution in [-0.4, -0.2) is 55.1 Å². The Morgan fingerprint density at radius 2 is 2.04 bits per heavy atom. The lowest BCUT2D eigenvalue weighted by Crippen LogP contribution is -2.37. The third kappa shape index (κ3) is 4.30. The van der Waals surface area contributed by atoms with Crippen LogP contribution in [0.4, 0.5) is 5.69 Å². The van der Waals surface area contributed by atoms with E-state index in [4.69, 9.17) is 9.47 Å².